The first-order chi connectivity index (χ1) is 7.84. The largest absolute Gasteiger partial charge is 0.339 e. The Morgan fingerprint density at radius 1 is 1.31 bits per heavy atom. The van der Waals surface area contributed by atoms with E-state index >= 15 is 0 Å². The van der Waals surface area contributed by atoms with Crippen LogP contribution in [-0.2, 0) is 6.54 Å². The summed E-state index contributed by atoms with van der Waals surface area (Å²) in [6, 6.07) is 5.96. The lowest BCUT2D eigenvalue weighted by molar-refractivity contribution is 0.835. The van der Waals surface area contributed by atoms with E-state index in [1.165, 1.54) is 5.56 Å². The Kier molecular flexibility index (Phi) is 2.15. The molecule has 3 aromatic rings. The summed E-state index contributed by atoms with van der Waals surface area (Å²) in [7, 11) is 0. The molecule has 16 heavy (non-hydrogen) atoms. The SMILES string of the molecule is O=c1[nH]ccc2ccn(Cc3ccsc3)c12. The molecule has 3 rings (SSSR count). The van der Waals surface area contributed by atoms with Crippen molar-refractivity contribution < 1.29 is 0 Å². The van der Waals surface area contributed by atoms with Gasteiger partial charge in [-0.25, -0.2) is 0 Å². The van der Waals surface area contributed by atoms with Gasteiger partial charge in [-0.05, 0) is 34.5 Å². The van der Waals surface area contributed by atoms with E-state index in [4.69, 9.17) is 0 Å². The number of fused-ring (bicyclic) bond motifs is 1. The highest BCUT2D eigenvalue weighted by atomic mass is 32.1. The topological polar surface area (TPSA) is 37.8 Å². The van der Waals surface area contributed by atoms with E-state index in [-0.39, 0.29) is 5.56 Å². The molecule has 0 spiro atoms. The third-order valence-corrected chi connectivity index (χ3v) is 3.35. The highest BCUT2D eigenvalue weighted by Gasteiger charge is 2.05. The van der Waals surface area contributed by atoms with Gasteiger partial charge in [-0.3, -0.25) is 4.79 Å². The van der Waals surface area contributed by atoms with Crippen LogP contribution in [0.5, 0.6) is 0 Å². The maximum Gasteiger partial charge on any atom is 0.272 e. The number of H-pyrrole nitrogens is 1. The fraction of sp³-hybridized carbons (Fsp3) is 0.0833. The lowest BCUT2D eigenvalue weighted by atomic mass is 10.3. The van der Waals surface area contributed by atoms with Crippen molar-refractivity contribution in [2.24, 2.45) is 0 Å². The van der Waals surface area contributed by atoms with Gasteiger partial charge in [0.15, 0.2) is 0 Å². The van der Waals surface area contributed by atoms with Crippen molar-refractivity contribution in [2.75, 3.05) is 0 Å². The quantitative estimate of drug-likeness (QED) is 0.721. The monoisotopic (exact) mass is 230 g/mol. The van der Waals surface area contributed by atoms with Crippen molar-refractivity contribution in [1.82, 2.24) is 9.55 Å². The van der Waals surface area contributed by atoms with Crippen LogP contribution in [0.25, 0.3) is 10.9 Å². The average molecular weight is 230 g/mol. The third kappa shape index (κ3) is 1.47. The minimum absolute atomic E-state index is 0.0299. The van der Waals surface area contributed by atoms with Gasteiger partial charge in [0.2, 0.25) is 0 Å². The molecule has 0 saturated carbocycles. The van der Waals surface area contributed by atoms with Crippen LogP contribution >= 0.6 is 11.3 Å². The van der Waals surface area contributed by atoms with Crippen molar-refractivity contribution in [1.29, 1.82) is 0 Å². The molecule has 3 nitrogen and oxygen atoms in total. The second kappa shape index (κ2) is 3.64. The molecule has 0 aliphatic carbocycles. The summed E-state index contributed by atoms with van der Waals surface area (Å²) >= 11 is 1.67. The molecular weight excluding hydrogens is 220 g/mol. The standard InChI is InChI=1S/C12H10N2OS/c15-12-11-10(1-4-13-12)2-5-14(11)7-9-3-6-16-8-9/h1-6,8H,7H2,(H,13,15). The van der Waals surface area contributed by atoms with Gasteiger partial charge in [0.05, 0.1) is 0 Å². The van der Waals surface area contributed by atoms with Gasteiger partial charge in [0.1, 0.15) is 5.52 Å². The Morgan fingerprint density at radius 2 is 2.25 bits per heavy atom. The predicted molar refractivity (Wildman–Crippen MR) is 66.0 cm³/mol. The van der Waals surface area contributed by atoms with Crippen molar-refractivity contribution in [2.45, 2.75) is 6.54 Å². The van der Waals surface area contributed by atoms with Crippen LogP contribution in [0.4, 0.5) is 0 Å². The Hall–Kier alpha value is -1.81. The first-order valence-electron chi connectivity index (χ1n) is 5.02. The summed E-state index contributed by atoms with van der Waals surface area (Å²) in [5.41, 5.74) is 1.94. The van der Waals surface area contributed by atoms with Crippen LogP contribution in [0.2, 0.25) is 0 Å². The number of aromatic amines is 1. The van der Waals surface area contributed by atoms with Crippen molar-refractivity contribution in [3.63, 3.8) is 0 Å². The molecule has 4 heteroatoms. The van der Waals surface area contributed by atoms with Gasteiger partial charge in [0.25, 0.3) is 5.56 Å². The smallest absolute Gasteiger partial charge is 0.272 e. The molecule has 0 saturated heterocycles. The van der Waals surface area contributed by atoms with Crippen LogP contribution in [0, 0.1) is 0 Å². The Labute approximate surface area is 96.0 Å². The highest BCUT2D eigenvalue weighted by molar-refractivity contribution is 7.07. The molecule has 80 valence electrons. The number of nitrogens with zero attached hydrogens (tertiary/aromatic N) is 1. The van der Waals surface area contributed by atoms with Crippen molar-refractivity contribution in [3.05, 3.63) is 57.3 Å². The van der Waals surface area contributed by atoms with E-state index in [1.807, 2.05) is 28.3 Å². The summed E-state index contributed by atoms with van der Waals surface area (Å²) < 4.78 is 1.98. The number of thiophene rings is 1. The fourth-order valence-corrected chi connectivity index (χ4v) is 2.53. The normalized spacial score (nSPS) is 11.0. The van der Waals surface area contributed by atoms with Crippen LogP contribution in [0.3, 0.4) is 0 Å². The molecular formula is C12H10N2OS. The fourth-order valence-electron chi connectivity index (χ4n) is 1.87. The number of hydrogen-bond acceptors (Lipinski definition) is 2. The third-order valence-electron chi connectivity index (χ3n) is 2.62. The molecule has 3 heterocycles. The zero-order valence-corrected chi connectivity index (χ0v) is 9.33. The molecule has 0 aliphatic rings. The van der Waals surface area contributed by atoms with E-state index < -0.39 is 0 Å². The van der Waals surface area contributed by atoms with E-state index in [1.54, 1.807) is 17.5 Å². The lowest BCUT2D eigenvalue weighted by Crippen LogP contribution is -2.10. The first-order valence-corrected chi connectivity index (χ1v) is 5.96. The summed E-state index contributed by atoms with van der Waals surface area (Å²) in [5, 5.41) is 5.13. The molecule has 0 aliphatic heterocycles. The van der Waals surface area contributed by atoms with E-state index in [9.17, 15) is 4.79 Å². The minimum atomic E-state index is -0.0299. The molecule has 0 radical (unpaired) electrons. The number of hydrogen-bond donors (Lipinski definition) is 1. The van der Waals surface area contributed by atoms with Crippen LogP contribution < -0.4 is 5.56 Å². The summed E-state index contributed by atoms with van der Waals surface area (Å²) in [4.78, 5) is 14.4. The molecule has 0 atom stereocenters. The predicted octanol–water partition coefficient (Wildman–Crippen LogP) is 2.44. The summed E-state index contributed by atoms with van der Waals surface area (Å²) in [5.74, 6) is 0. The second-order valence-corrected chi connectivity index (χ2v) is 4.47. The maximum atomic E-state index is 11.7. The van der Waals surface area contributed by atoms with Crippen molar-refractivity contribution >= 4 is 22.2 Å². The maximum absolute atomic E-state index is 11.7. The molecule has 0 amide bonds. The molecule has 0 aromatic carbocycles. The number of pyridine rings is 1. The van der Waals surface area contributed by atoms with Crippen molar-refractivity contribution in [3.8, 4) is 0 Å². The molecule has 0 bridgehead atoms. The van der Waals surface area contributed by atoms with Gasteiger partial charge in [-0.2, -0.15) is 11.3 Å². The number of nitrogens with one attached hydrogen (secondary N) is 1. The van der Waals surface area contributed by atoms with Gasteiger partial charge < -0.3 is 9.55 Å². The Balaban J connectivity index is 2.14. The highest BCUT2D eigenvalue weighted by Crippen LogP contribution is 2.14. The number of aromatic nitrogens is 2. The van der Waals surface area contributed by atoms with Crippen LogP contribution in [-0.4, -0.2) is 9.55 Å². The van der Waals surface area contributed by atoms with Gasteiger partial charge in [0, 0.05) is 24.3 Å². The Morgan fingerprint density at radius 3 is 3.06 bits per heavy atom. The van der Waals surface area contributed by atoms with E-state index in [0.717, 1.165) is 17.4 Å². The molecule has 0 unspecified atom stereocenters. The first kappa shape index (κ1) is 9.42. The van der Waals surface area contributed by atoms with Gasteiger partial charge in [-0.15, -0.1) is 0 Å². The van der Waals surface area contributed by atoms with E-state index in [0.29, 0.717) is 0 Å². The van der Waals surface area contributed by atoms with Crippen LogP contribution in [0.15, 0.2) is 46.1 Å². The molecule has 3 aromatic heterocycles. The average Bonchev–Trinajstić information content (AvgIpc) is 2.90. The minimum Gasteiger partial charge on any atom is -0.339 e. The zero-order chi connectivity index (χ0) is 11.0. The lowest BCUT2D eigenvalue weighted by Gasteiger charge is -2.02. The van der Waals surface area contributed by atoms with Gasteiger partial charge in [-0.1, -0.05) is 0 Å². The Bertz CT molecular complexity index is 664. The van der Waals surface area contributed by atoms with E-state index in [2.05, 4.69) is 16.4 Å². The summed E-state index contributed by atoms with van der Waals surface area (Å²) in [6.45, 7) is 0.750. The summed E-state index contributed by atoms with van der Waals surface area (Å²) in [6.07, 6.45) is 3.64. The zero-order valence-electron chi connectivity index (χ0n) is 8.51. The van der Waals surface area contributed by atoms with Crippen LogP contribution in [0.1, 0.15) is 5.56 Å². The second-order valence-electron chi connectivity index (χ2n) is 3.69. The molecule has 0 fully saturated rings. The van der Waals surface area contributed by atoms with Gasteiger partial charge >= 0.3 is 0 Å². The number of rotatable bonds is 2. The molecule has 1 N–H and O–H groups in total.